The fourth-order valence-corrected chi connectivity index (χ4v) is 3.56. The van der Waals surface area contributed by atoms with Crippen LogP contribution in [0.2, 0.25) is 0 Å². The molecule has 0 aromatic heterocycles. The molecule has 0 aliphatic heterocycles. The molecular formula is C20H26N2O4S. The average Bonchev–Trinajstić information content (AvgIpc) is 2.65. The van der Waals surface area contributed by atoms with Crippen molar-refractivity contribution in [3.8, 4) is 5.75 Å². The fourth-order valence-electron chi connectivity index (χ4n) is 2.44. The van der Waals surface area contributed by atoms with Crippen molar-refractivity contribution in [2.24, 2.45) is 0 Å². The first kappa shape index (κ1) is 20.9. The molecule has 0 heterocycles. The maximum atomic E-state index is 12.4. The van der Waals surface area contributed by atoms with Crippen LogP contribution in [0.4, 0.5) is 0 Å². The highest BCUT2D eigenvalue weighted by Crippen LogP contribution is 2.19. The molecule has 2 aromatic carbocycles. The Balaban J connectivity index is 1.95. The minimum absolute atomic E-state index is 0.109. The van der Waals surface area contributed by atoms with Gasteiger partial charge in [0.25, 0.3) is 5.91 Å². The zero-order valence-electron chi connectivity index (χ0n) is 16.1. The van der Waals surface area contributed by atoms with Crippen LogP contribution < -0.4 is 10.1 Å². The van der Waals surface area contributed by atoms with Crippen molar-refractivity contribution in [1.29, 1.82) is 0 Å². The Kier molecular flexibility index (Phi) is 6.98. The van der Waals surface area contributed by atoms with E-state index in [1.807, 2.05) is 24.3 Å². The summed E-state index contributed by atoms with van der Waals surface area (Å²) in [7, 11) is -0.621. The number of carbonyl (C=O) groups excluding carboxylic acids is 1. The number of ether oxygens (including phenoxy) is 1. The Morgan fingerprint density at radius 3 is 2.30 bits per heavy atom. The molecule has 0 radical (unpaired) electrons. The molecule has 0 saturated heterocycles. The topological polar surface area (TPSA) is 75.7 Å². The van der Waals surface area contributed by atoms with E-state index in [4.69, 9.17) is 4.74 Å². The largest absolute Gasteiger partial charge is 0.484 e. The Labute approximate surface area is 161 Å². The molecule has 0 atom stereocenters. The number of hydrogen-bond acceptors (Lipinski definition) is 4. The van der Waals surface area contributed by atoms with E-state index in [-0.39, 0.29) is 24.0 Å². The molecule has 0 aliphatic rings. The van der Waals surface area contributed by atoms with E-state index in [0.717, 1.165) is 4.31 Å². The average molecular weight is 391 g/mol. The predicted molar refractivity (Wildman–Crippen MR) is 105 cm³/mol. The molecule has 1 N–H and O–H groups in total. The van der Waals surface area contributed by atoms with Crippen molar-refractivity contribution >= 4 is 15.9 Å². The van der Waals surface area contributed by atoms with Gasteiger partial charge in [-0.2, -0.15) is 0 Å². The van der Waals surface area contributed by atoms with Gasteiger partial charge >= 0.3 is 0 Å². The number of nitrogens with one attached hydrogen (secondary N) is 1. The van der Waals surface area contributed by atoms with E-state index in [9.17, 15) is 13.2 Å². The number of nitrogens with zero attached hydrogens (tertiary/aromatic N) is 1. The van der Waals surface area contributed by atoms with Gasteiger partial charge in [0.1, 0.15) is 5.75 Å². The van der Waals surface area contributed by atoms with Crippen LogP contribution in [0, 0.1) is 0 Å². The lowest BCUT2D eigenvalue weighted by Crippen LogP contribution is -2.30. The summed E-state index contributed by atoms with van der Waals surface area (Å²) in [4.78, 5) is 12.2. The second kappa shape index (κ2) is 9.01. The summed E-state index contributed by atoms with van der Waals surface area (Å²) < 4.78 is 31.4. The Bertz CT molecular complexity index is 875. The molecule has 0 spiro atoms. The van der Waals surface area contributed by atoms with Crippen molar-refractivity contribution in [3.63, 3.8) is 0 Å². The highest BCUT2D eigenvalue weighted by Gasteiger charge is 2.20. The van der Waals surface area contributed by atoms with Gasteiger partial charge < -0.3 is 10.1 Å². The van der Waals surface area contributed by atoms with E-state index >= 15 is 0 Å². The first-order chi connectivity index (χ1) is 12.7. The van der Waals surface area contributed by atoms with Crippen LogP contribution in [0.1, 0.15) is 30.9 Å². The summed E-state index contributed by atoms with van der Waals surface area (Å²) in [5.41, 5.74) is 1.73. The minimum atomic E-state index is -3.57. The second-order valence-corrected chi connectivity index (χ2v) is 8.80. The first-order valence-corrected chi connectivity index (χ1v) is 10.2. The van der Waals surface area contributed by atoms with Crippen LogP contribution in [0.15, 0.2) is 53.4 Å². The van der Waals surface area contributed by atoms with Crippen LogP contribution in [0.25, 0.3) is 0 Å². The van der Waals surface area contributed by atoms with Crippen LogP contribution in [-0.2, 0) is 21.4 Å². The Hall–Kier alpha value is -2.38. The molecule has 0 fully saturated rings. The van der Waals surface area contributed by atoms with Gasteiger partial charge in [-0.25, -0.2) is 12.7 Å². The standard InChI is InChI=1S/C20H26N2O4S/c1-15(2)16-9-11-18(12-10-16)26-14-20(23)21-13-17-7-5-6-8-19(17)27(24,25)22(3)4/h5-12,15H,13-14H2,1-4H3,(H,21,23). The zero-order chi connectivity index (χ0) is 20.0. The summed E-state index contributed by atoms with van der Waals surface area (Å²) in [6.45, 7) is 4.19. The van der Waals surface area contributed by atoms with Crippen LogP contribution in [0.3, 0.4) is 0 Å². The third kappa shape index (κ3) is 5.55. The summed E-state index contributed by atoms with van der Waals surface area (Å²) >= 11 is 0. The van der Waals surface area contributed by atoms with Crippen molar-refractivity contribution in [1.82, 2.24) is 9.62 Å². The molecule has 146 valence electrons. The molecule has 27 heavy (non-hydrogen) atoms. The number of hydrogen-bond donors (Lipinski definition) is 1. The van der Waals surface area contributed by atoms with Crippen molar-refractivity contribution in [2.45, 2.75) is 31.2 Å². The predicted octanol–water partition coefficient (Wildman–Crippen LogP) is 2.76. The number of rotatable bonds is 8. The SMILES string of the molecule is CC(C)c1ccc(OCC(=O)NCc2ccccc2S(=O)(=O)N(C)C)cc1. The maximum absolute atomic E-state index is 12.4. The molecule has 0 bridgehead atoms. The summed E-state index contributed by atoms with van der Waals surface area (Å²) in [5, 5.41) is 2.70. The first-order valence-electron chi connectivity index (χ1n) is 8.71. The number of sulfonamides is 1. The van der Waals surface area contributed by atoms with Gasteiger partial charge in [-0.15, -0.1) is 0 Å². The molecule has 2 aromatic rings. The second-order valence-electron chi connectivity index (χ2n) is 6.68. The number of amides is 1. The molecule has 0 saturated carbocycles. The van der Waals surface area contributed by atoms with Crippen molar-refractivity contribution in [2.75, 3.05) is 20.7 Å². The highest BCUT2D eigenvalue weighted by atomic mass is 32.2. The van der Waals surface area contributed by atoms with Gasteiger partial charge in [0.15, 0.2) is 6.61 Å². The van der Waals surface area contributed by atoms with Crippen LogP contribution in [0.5, 0.6) is 5.75 Å². The zero-order valence-corrected chi connectivity index (χ0v) is 16.9. The third-order valence-electron chi connectivity index (χ3n) is 4.12. The molecule has 0 aliphatic carbocycles. The maximum Gasteiger partial charge on any atom is 0.258 e. The van der Waals surface area contributed by atoms with Gasteiger partial charge in [0, 0.05) is 20.6 Å². The lowest BCUT2D eigenvalue weighted by Gasteiger charge is -2.15. The van der Waals surface area contributed by atoms with E-state index in [0.29, 0.717) is 17.2 Å². The molecule has 7 heteroatoms. The smallest absolute Gasteiger partial charge is 0.258 e. The van der Waals surface area contributed by atoms with E-state index in [2.05, 4.69) is 19.2 Å². The number of carbonyl (C=O) groups is 1. The van der Waals surface area contributed by atoms with Gasteiger partial charge in [0.2, 0.25) is 10.0 Å². The molecule has 0 unspecified atom stereocenters. The quantitative estimate of drug-likeness (QED) is 0.752. The third-order valence-corrected chi connectivity index (χ3v) is 6.04. The summed E-state index contributed by atoms with van der Waals surface area (Å²) in [6, 6.07) is 14.2. The molecular weight excluding hydrogens is 364 g/mol. The van der Waals surface area contributed by atoms with Gasteiger partial charge in [-0.1, -0.05) is 44.2 Å². The van der Waals surface area contributed by atoms with Gasteiger partial charge in [-0.3, -0.25) is 4.79 Å². The normalized spacial score (nSPS) is 11.6. The lowest BCUT2D eigenvalue weighted by molar-refractivity contribution is -0.123. The Morgan fingerprint density at radius 1 is 1.07 bits per heavy atom. The van der Waals surface area contributed by atoms with E-state index < -0.39 is 10.0 Å². The molecule has 2 rings (SSSR count). The van der Waals surface area contributed by atoms with E-state index in [1.54, 1.807) is 18.2 Å². The van der Waals surface area contributed by atoms with Crippen molar-refractivity contribution in [3.05, 3.63) is 59.7 Å². The van der Waals surface area contributed by atoms with Crippen LogP contribution >= 0.6 is 0 Å². The molecule has 1 amide bonds. The monoisotopic (exact) mass is 390 g/mol. The fraction of sp³-hybridized carbons (Fsp3) is 0.350. The summed E-state index contributed by atoms with van der Waals surface area (Å²) in [6.07, 6.45) is 0. The van der Waals surface area contributed by atoms with Gasteiger partial charge in [0.05, 0.1) is 4.90 Å². The highest BCUT2D eigenvalue weighted by molar-refractivity contribution is 7.89. The minimum Gasteiger partial charge on any atom is -0.484 e. The van der Waals surface area contributed by atoms with Crippen molar-refractivity contribution < 1.29 is 17.9 Å². The number of benzene rings is 2. The Morgan fingerprint density at radius 2 is 1.70 bits per heavy atom. The van der Waals surface area contributed by atoms with E-state index in [1.165, 1.54) is 25.7 Å². The van der Waals surface area contributed by atoms with Crippen LogP contribution in [-0.4, -0.2) is 39.3 Å². The van der Waals surface area contributed by atoms with Gasteiger partial charge in [-0.05, 0) is 35.2 Å². The summed E-state index contributed by atoms with van der Waals surface area (Å²) in [5.74, 6) is 0.728. The molecule has 6 nitrogen and oxygen atoms in total. The lowest BCUT2D eigenvalue weighted by atomic mass is 10.0.